The lowest BCUT2D eigenvalue weighted by Gasteiger charge is -2.22. The third-order valence-electron chi connectivity index (χ3n) is 4.05. The Morgan fingerprint density at radius 2 is 1.93 bits per heavy atom. The van der Waals surface area contributed by atoms with E-state index in [1.807, 2.05) is 36.2 Å². The Balaban J connectivity index is 0.00000364. The van der Waals surface area contributed by atoms with E-state index in [0.717, 1.165) is 35.0 Å². The number of nitrogens with one attached hydrogen (secondary N) is 1. The topological polar surface area (TPSA) is 46.1 Å². The smallest absolute Gasteiger partial charge is 0.193 e. The van der Waals surface area contributed by atoms with E-state index in [9.17, 15) is 4.39 Å². The lowest BCUT2D eigenvalue weighted by atomic mass is 10.1. The van der Waals surface area contributed by atoms with Crippen LogP contribution in [-0.4, -0.2) is 45.7 Å². The lowest BCUT2D eigenvalue weighted by molar-refractivity contribution is 0.398. The number of rotatable bonds is 7. The Morgan fingerprint density at radius 1 is 1.15 bits per heavy atom. The number of aliphatic imine (C=N–C) groups is 1. The van der Waals surface area contributed by atoms with Gasteiger partial charge in [0, 0.05) is 27.2 Å². The van der Waals surface area contributed by atoms with Crippen molar-refractivity contribution >= 4 is 29.9 Å². The Labute approximate surface area is 177 Å². The lowest BCUT2D eigenvalue weighted by Crippen LogP contribution is -2.39. The summed E-state index contributed by atoms with van der Waals surface area (Å²) in [5.41, 5.74) is 1.95. The van der Waals surface area contributed by atoms with Crippen molar-refractivity contribution in [1.82, 2.24) is 10.2 Å². The molecular formula is C20H27FIN3O2. The molecular weight excluding hydrogens is 460 g/mol. The molecule has 0 saturated heterocycles. The molecule has 0 radical (unpaired) electrons. The van der Waals surface area contributed by atoms with Gasteiger partial charge in [-0.1, -0.05) is 12.1 Å². The van der Waals surface area contributed by atoms with Crippen molar-refractivity contribution in [3.8, 4) is 11.5 Å². The standard InChI is InChI=1S/C20H26FN3O2.HI/c1-22-20(24(2)14-15-6-5-7-17(21)12-15)23-11-10-16-13-18(25-3)8-9-19(16)26-4;/h5-9,12-13H,10-11,14H2,1-4H3,(H,22,23);1H. The zero-order chi connectivity index (χ0) is 18.9. The summed E-state index contributed by atoms with van der Waals surface area (Å²) in [5.74, 6) is 2.14. The van der Waals surface area contributed by atoms with Gasteiger partial charge < -0.3 is 19.7 Å². The molecule has 148 valence electrons. The molecule has 0 aliphatic carbocycles. The molecule has 0 spiro atoms. The second-order valence-electron chi connectivity index (χ2n) is 5.89. The van der Waals surface area contributed by atoms with Gasteiger partial charge in [-0.15, -0.1) is 24.0 Å². The predicted octanol–water partition coefficient (Wildman–Crippen LogP) is 3.71. The molecule has 0 saturated carbocycles. The molecule has 2 aromatic carbocycles. The van der Waals surface area contributed by atoms with Gasteiger partial charge in [-0.3, -0.25) is 4.99 Å². The summed E-state index contributed by atoms with van der Waals surface area (Å²) >= 11 is 0. The van der Waals surface area contributed by atoms with Crippen LogP contribution in [0.25, 0.3) is 0 Å². The van der Waals surface area contributed by atoms with Crippen LogP contribution in [0.2, 0.25) is 0 Å². The first-order valence-corrected chi connectivity index (χ1v) is 8.44. The highest BCUT2D eigenvalue weighted by Crippen LogP contribution is 2.24. The van der Waals surface area contributed by atoms with E-state index >= 15 is 0 Å². The monoisotopic (exact) mass is 487 g/mol. The molecule has 0 amide bonds. The molecule has 0 fully saturated rings. The van der Waals surface area contributed by atoms with E-state index in [1.165, 1.54) is 12.1 Å². The van der Waals surface area contributed by atoms with E-state index in [4.69, 9.17) is 9.47 Å². The summed E-state index contributed by atoms with van der Waals surface area (Å²) in [6, 6.07) is 12.3. The Kier molecular flexibility index (Phi) is 9.92. The van der Waals surface area contributed by atoms with Crippen LogP contribution in [0, 0.1) is 5.82 Å². The molecule has 0 aliphatic heterocycles. The van der Waals surface area contributed by atoms with Gasteiger partial charge >= 0.3 is 0 Å². The SMILES string of the molecule is CN=C(NCCc1cc(OC)ccc1OC)N(C)Cc1cccc(F)c1.I. The summed E-state index contributed by atoms with van der Waals surface area (Å²) in [6.45, 7) is 1.25. The van der Waals surface area contributed by atoms with Gasteiger partial charge in [-0.05, 0) is 47.9 Å². The van der Waals surface area contributed by atoms with Gasteiger partial charge in [0.15, 0.2) is 5.96 Å². The van der Waals surface area contributed by atoms with Crippen molar-refractivity contribution in [2.45, 2.75) is 13.0 Å². The molecule has 0 heterocycles. The van der Waals surface area contributed by atoms with Gasteiger partial charge in [0.25, 0.3) is 0 Å². The van der Waals surface area contributed by atoms with Crippen LogP contribution < -0.4 is 14.8 Å². The van der Waals surface area contributed by atoms with Crippen molar-refractivity contribution in [3.05, 3.63) is 59.4 Å². The minimum Gasteiger partial charge on any atom is -0.497 e. The zero-order valence-electron chi connectivity index (χ0n) is 16.2. The van der Waals surface area contributed by atoms with Crippen LogP contribution in [0.15, 0.2) is 47.5 Å². The third kappa shape index (κ3) is 6.89. The average Bonchev–Trinajstić information content (AvgIpc) is 2.65. The third-order valence-corrected chi connectivity index (χ3v) is 4.05. The predicted molar refractivity (Wildman–Crippen MR) is 118 cm³/mol. The van der Waals surface area contributed by atoms with Crippen molar-refractivity contribution in [3.63, 3.8) is 0 Å². The molecule has 2 rings (SSSR count). The number of ether oxygens (including phenoxy) is 2. The molecule has 0 atom stereocenters. The van der Waals surface area contributed by atoms with Gasteiger partial charge in [0.1, 0.15) is 17.3 Å². The van der Waals surface area contributed by atoms with Gasteiger partial charge in [0.05, 0.1) is 14.2 Å². The van der Waals surface area contributed by atoms with Crippen molar-refractivity contribution in [1.29, 1.82) is 0 Å². The normalized spacial score (nSPS) is 10.8. The highest BCUT2D eigenvalue weighted by molar-refractivity contribution is 14.0. The number of benzene rings is 2. The van der Waals surface area contributed by atoms with Gasteiger partial charge in [-0.2, -0.15) is 0 Å². The Hall–Kier alpha value is -2.03. The molecule has 1 N–H and O–H groups in total. The molecule has 0 bridgehead atoms. The van der Waals surface area contributed by atoms with Crippen LogP contribution >= 0.6 is 24.0 Å². The first-order valence-electron chi connectivity index (χ1n) is 8.44. The fourth-order valence-corrected chi connectivity index (χ4v) is 2.76. The van der Waals surface area contributed by atoms with E-state index < -0.39 is 0 Å². The maximum atomic E-state index is 13.3. The van der Waals surface area contributed by atoms with Crippen molar-refractivity contribution in [2.75, 3.05) is 34.9 Å². The Morgan fingerprint density at radius 3 is 2.56 bits per heavy atom. The number of halogens is 2. The van der Waals surface area contributed by atoms with Crippen molar-refractivity contribution < 1.29 is 13.9 Å². The fraction of sp³-hybridized carbons (Fsp3) is 0.350. The molecule has 0 aromatic heterocycles. The highest BCUT2D eigenvalue weighted by Gasteiger charge is 2.09. The van der Waals surface area contributed by atoms with Gasteiger partial charge in [0.2, 0.25) is 0 Å². The first-order chi connectivity index (χ1) is 12.6. The zero-order valence-corrected chi connectivity index (χ0v) is 18.5. The molecule has 2 aromatic rings. The maximum Gasteiger partial charge on any atom is 0.193 e. The summed E-state index contributed by atoms with van der Waals surface area (Å²) in [7, 11) is 6.96. The minimum atomic E-state index is -0.232. The molecule has 0 unspecified atom stereocenters. The number of nitrogens with zero attached hydrogens (tertiary/aromatic N) is 2. The van der Waals surface area contributed by atoms with E-state index in [1.54, 1.807) is 27.3 Å². The quantitative estimate of drug-likeness (QED) is 0.368. The largest absolute Gasteiger partial charge is 0.497 e. The number of guanidine groups is 1. The van der Waals surface area contributed by atoms with Crippen LogP contribution in [0.4, 0.5) is 4.39 Å². The average molecular weight is 487 g/mol. The summed E-state index contributed by atoms with van der Waals surface area (Å²) in [4.78, 5) is 6.25. The van der Waals surface area contributed by atoms with E-state index in [0.29, 0.717) is 13.1 Å². The van der Waals surface area contributed by atoms with E-state index in [2.05, 4.69) is 10.3 Å². The van der Waals surface area contributed by atoms with Crippen LogP contribution in [0.5, 0.6) is 11.5 Å². The summed E-state index contributed by atoms with van der Waals surface area (Å²) in [6.07, 6.45) is 0.757. The van der Waals surface area contributed by atoms with Gasteiger partial charge in [-0.25, -0.2) is 4.39 Å². The maximum absolute atomic E-state index is 13.3. The molecule has 5 nitrogen and oxygen atoms in total. The fourth-order valence-electron chi connectivity index (χ4n) is 2.76. The molecule has 27 heavy (non-hydrogen) atoms. The van der Waals surface area contributed by atoms with Crippen LogP contribution in [-0.2, 0) is 13.0 Å². The Bertz CT molecular complexity index is 756. The molecule has 0 aliphatic rings. The van der Waals surface area contributed by atoms with E-state index in [-0.39, 0.29) is 29.8 Å². The van der Waals surface area contributed by atoms with Crippen molar-refractivity contribution in [2.24, 2.45) is 4.99 Å². The summed E-state index contributed by atoms with van der Waals surface area (Å²) in [5, 5.41) is 3.33. The molecule has 7 heteroatoms. The first kappa shape index (κ1) is 23.0. The second-order valence-corrected chi connectivity index (χ2v) is 5.89. The summed E-state index contributed by atoms with van der Waals surface area (Å²) < 4.78 is 24.0. The number of hydrogen-bond donors (Lipinski definition) is 1. The van der Waals surface area contributed by atoms with Crippen LogP contribution in [0.1, 0.15) is 11.1 Å². The number of hydrogen-bond acceptors (Lipinski definition) is 3. The number of methoxy groups -OCH3 is 2. The second kappa shape index (κ2) is 11.6. The minimum absolute atomic E-state index is 0. The highest BCUT2D eigenvalue weighted by atomic mass is 127. The van der Waals surface area contributed by atoms with Crippen LogP contribution in [0.3, 0.4) is 0 Å².